The monoisotopic (exact) mass is 1400 g/mol. The van der Waals surface area contributed by atoms with Gasteiger partial charge in [-0.25, -0.2) is 0 Å². The number of hydrogen-bond acceptors (Lipinski definition) is 14. The quantitative estimate of drug-likeness (QED) is 0.0392. The number of ether oxygens (including phenoxy) is 11. The largest absolute Gasteiger partial charge is 0.489 e. The van der Waals surface area contributed by atoms with Crippen LogP contribution in [0.1, 0.15) is 103 Å². The third-order valence-electron chi connectivity index (χ3n) is 18.2. The lowest BCUT2D eigenvalue weighted by Gasteiger charge is -2.42. The van der Waals surface area contributed by atoms with Crippen molar-refractivity contribution in [3.8, 4) is 57.5 Å². The van der Waals surface area contributed by atoms with E-state index in [1.54, 1.807) is 12.1 Å². The number of fused-ring (bicyclic) bond motifs is 2. The van der Waals surface area contributed by atoms with Gasteiger partial charge in [0.15, 0.2) is 35.2 Å². The van der Waals surface area contributed by atoms with Crippen molar-refractivity contribution in [1.82, 2.24) is 0 Å². The fourth-order valence-corrected chi connectivity index (χ4v) is 13.0. The molecule has 2 aliphatic rings. The minimum atomic E-state index is -1.43. The van der Waals surface area contributed by atoms with Gasteiger partial charge in [0.1, 0.15) is 93.5 Å². The molecule has 2 N–H and O–H groups in total. The zero-order chi connectivity index (χ0) is 71.5. The number of hydrogen-bond donors (Lipinski definition) is 2. The molecule has 12 aromatic carbocycles. The molecule has 15 nitrogen and oxygen atoms in total. The molecule has 0 fully saturated rings. The van der Waals surface area contributed by atoms with Crippen molar-refractivity contribution in [2.75, 3.05) is 0 Å². The average Bonchev–Trinajstić information content (AvgIpc) is 0.720. The molecule has 0 saturated heterocycles. The Kier molecular flexibility index (Phi) is 22.5. The van der Waals surface area contributed by atoms with Crippen LogP contribution in [0.4, 0.5) is 0 Å². The van der Waals surface area contributed by atoms with Crippen LogP contribution < -0.4 is 47.4 Å². The molecule has 2 aliphatic heterocycles. The number of aliphatic hydroxyl groups is 1. The van der Waals surface area contributed by atoms with E-state index < -0.39 is 55.1 Å². The van der Waals surface area contributed by atoms with Crippen molar-refractivity contribution in [1.29, 1.82) is 0 Å². The summed E-state index contributed by atoms with van der Waals surface area (Å²) in [5, 5.41) is 23.2. The van der Waals surface area contributed by atoms with Crippen molar-refractivity contribution in [2.45, 2.75) is 102 Å². The van der Waals surface area contributed by atoms with E-state index >= 15 is 4.79 Å². The van der Waals surface area contributed by atoms with Gasteiger partial charge in [0, 0.05) is 46.9 Å². The first-order valence-electron chi connectivity index (χ1n) is 35.1. The first-order chi connectivity index (χ1) is 51.7. The lowest BCUT2D eigenvalue weighted by molar-refractivity contribution is -0.158. The maximum atomic E-state index is 15.1. The van der Waals surface area contributed by atoms with Gasteiger partial charge in [0.25, 0.3) is 0 Å². The van der Waals surface area contributed by atoms with Crippen LogP contribution in [-0.4, -0.2) is 34.4 Å². The number of aliphatic carboxylic acids is 1. The highest BCUT2D eigenvalue weighted by molar-refractivity contribution is 5.77. The summed E-state index contributed by atoms with van der Waals surface area (Å²) in [6.07, 6.45) is -6.10. The third-order valence-corrected chi connectivity index (χ3v) is 18.2. The van der Waals surface area contributed by atoms with Crippen molar-refractivity contribution in [3.63, 3.8) is 0 Å². The molecule has 0 unspecified atom stereocenters. The zero-order valence-corrected chi connectivity index (χ0v) is 57.7. The molecule has 0 saturated carbocycles. The van der Waals surface area contributed by atoms with Crippen LogP contribution >= 0.6 is 0 Å². The second-order valence-electron chi connectivity index (χ2n) is 25.7. The normalized spacial score (nSPS) is 15.6. The van der Waals surface area contributed by atoms with Crippen LogP contribution in [0.2, 0.25) is 0 Å². The summed E-state index contributed by atoms with van der Waals surface area (Å²) in [6, 6.07) is 94.7. The van der Waals surface area contributed by atoms with Crippen LogP contribution in [0.5, 0.6) is 57.5 Å². The van der Waals surface area contributed by atoms with Gasteiger partial charge < -0.3 is 62.3 Å². The number of esters is 1. The Hall–Kier alpha value is -12.5. The Morgan fingerprint density at radius 2 is 0.695 bits per heavy atom. The molecule has 2 heterocycles. The third kappa shape index (κ3) is 17.9. The van der Waals surface area contributed by atoms with Gasteiger partial charge >= 0.3 is 11.9 Å². The highest BCUT2D eigenvalue weighted by Crippen LogP contribution is 2.59. The number of carboxylic acids is 1. The summed E-state index contributed by atoms with van der Waals surface area (Å²) >= 11 is 0. The molecule has 5 atom stereocenters. The topological polar surface area (TPSA) is 176 Å². The van der Waals surface area contributed by atoms with Crippen molar-refractivity contribution in [2.24, 2.45) is 0 Å². The number of benzene rings is 12. The van der Waals surface area contributed by atoms with Gasteiger partial charge in [-0.2, -0.15) is 0 Å². The summed E-state index contributed by atoms with van der Waals surface area (Å²) in [5.41, 5.74) is 9.42. The predicted molar refractivity (Wildman–Crippen MR) is 397 cm³/mol. The molecule has 0 bridgehead atoms. The fourth-order valence-electron chi connectivity index (χ4n) is 13.0. The number of carbonyl (C=O) groups excluding carboxylic acids is 1. The lowest BCUT2D eigenvalue weighted by atomic mass is 9.77. The average molecular weight is 1400 g/mol. The highest BCUT2D eigenvalue weighted by atomic mass is 16.6. The van der Waals surface area contributed by atoms with E-state index in [1.165, 1.54) is 0 Å². The second kappa shape index (κ2) is 34.0. The smallest absolute Gasteiger partial charge is 0.306 e. The maximum Gasteiger partial charge on any atom is 0.306 e. The van der Waals surface area contributed by atoms with Crippen molar-refractivity contribution >= 4 is 11.9 Å². The molecule has 0 amide bonds. The summed E-state index contributed by atoms with van der Waals surface area (Å²) in [5.74, 6) is 0.204. The van der Waals surface area contributed by atoms with E-state index in [9.17, 15) is 15.0 Å². The standard InChI is InChI=1S/C90H78O15/c91-73-51-72-76(98-56-64-31-15-4-16-32-64)52-80(102-60-68-39-23-8-24-40-68)85(89(72)105-87(73)69-41-43-74(96-54-62-27-11-2-12-28-62)77(47-69)99-57-65-33-17-5-18-34-65)86-84-79(101-59-67-37-21-7-22-38-67)49-71(95-53-61-25-9-1-10-26-61)50-81(84)103-88(90(86)104-83(94)46-45-82(92)93)70-42-44-75(97-55-63-29-13-3-14-30-63)78(48-70)100-58-66-35-19-6-20-36-66/h1-44,47-50,52,73,86-88,90-91H,45-46,51,53-60H2,(H,92,93)/t73-,86+,87+,88+,90-/m0/s1. The first-order valence-corrected chi connectivity index (χ1v) is 35.1. The molecule has 528 valence electrons. The predicted octanol–water partition coefficient (Wildman–Crippen LogP) is 18.4. The molecule has 105 heavy (non-hydrogen) atoms. The maximum absolute atomic E-state index is 15.1. The van der Waals surface area contributed by atoms with Crippen LogP contribution in [-0.2, 0) is 73.6 Å². The molecule has 0 aliphatic carbocycles. The number of carboxylic acid groups (broad SMARTS) is 1. The Balaban J connectivity index is 0.999. The second-order valence-corrected chi connectivity index (χ2v) is 25.7. The number of rotatable bonds is 31. The molecule has 15 heteroatoms. The first kappa shape index (κ1) is 69.6. The molecular weight excluding hydrogens is 1320 g/mol. The lowest BCUT2D eigenvalue weighted by Crippen LogP contribution is -2.40. The van der Waals surface area contributed by atoms with E-state index in [0.29, 0.717) is 62.3 Å². The van der Waals surface area contributed by atoms with E-state index in [2.05, 4.69) is 0 Å². The minimum Gasteiger partial charge on any atom is -0.489 e. The van der Waals surface area contributed by atoms with Crippen molar-refractivity contribution in [3.05, 3.63) is 370 Å². The Labute approximate surface area is 610 Å². The number of carbonyl (C=O) groups is 2. The summed E-state index contributed by atoms with van der Waals surface area (Å²) < 4.78 is 77.0. The van der Waals surface area contributed by atoms with E-state index in [1.807, 2.05) is 285 Å². The van der Waals surface area contributed by atoms with E-state index in [0.717, 1.165) is 44.5 Å². The Bertz CT molecular complexity index is 4820. The van der Waals surface area contributed by atoms with Crippen LogP contribution in [0.15, 0.2) is 297 Å². The highest BCUT2D eigenvalue weighted by Gasteiger charge is 2.50. The molecule has 14 rings (SSSR count). The van der Waals surface area contributed by atoms with Gasteiger partial charge in [-0.3, -0.25) is 9.59 Å². The number of aliphatic hydroxyl groups excluding tert-OH is 1. The molecular formula is C90H78O15. The van der Waals surface area contributed by atoms with Gasteiger partial charge in [-0.15, -0.1) is 0 Å². The van der Waals surface area contributed by atoms with E-state index in [-0.39, 0.29) is 82.3 Å². The summed E-state index contributed by atoms with van der Waals surface area (Å²) in [4.78, 5) is 27.7. The van der Waals surface area contributed by atoms with Gasteiger partial charge in [0.2, 0.25) is 0 Å². The van der Waals surface area contributed by atoms with E-state index in [4.69, 9.17) is 52.1 Å². The zero-order valence-electron chi connectivity index (χ0n) is 57.7. The Morgan fingerprint density at radius 3 is 1.10 bits per heavy atom. The van der Waals surface area contributed by atoms with Gasteiger partial charge in [-0.05, 0) is 74.3 Å². The SMILES string of the molecule is O=C(O)CCC(=O)O[C@H]1[C@@H](c2c(OCc3ccccc3)cc(OCc3ccccc3)c3c2O[C@H](c2ccc(OCc4ccccc4)c(OCc4ccccc4)c2)[C@@H](O)C3)c2c(OCc3ccccc3)cc(OCc3ccccc3)cc2O[C@@H]1c1ccc(OCc2ccccc2)c(OCc2ccccc2)c1. The summed E-state index contributed by atoms with van der Waals surface area (Å²) in [7, 11) is 0. The molecule has 12 aromatic rings. The van der Waals surface area contributed by atoms with Gasteiger partial charge in [0.05, 0.1) is 24.9 Å². The molecule has 0 aromatic heterocycles. The molecule has 0 radical (unpaired) electrons. The fraction of sp³-hybridized carbons (Fsp3) is 0.178. The minimum absolute atomic E-state index is 0.0265. The van der Waals surface area contributed by atoms with Crippen LogP contribution in [0.25, 0.3) is 0 Å². The Morgan fingerprint density at radius 1 is 0.343 bits per heavy atom. The van der Waals surface area contributed by atoms with Crippen LogP contribution in [0, 0.1) is 0 Å². The van der Waals surface area contributed by atoms with Gasteiger partial charge in [-0.1, -0.05) is 255 Å². The van der Waals surface area contributed by atoms with Crippen molar-refractivity contribution < 1.29 is 71.9 Å². The summed E-state index contributed by atoms with van der Waals surface area (Å²) in [6.45, 7) is 1.20. The van der Waals surface area contributed by atoms with Crippen LogP contribution in [0.3, 0.4) is 0 Å². The molecule has 0 spiro atoms.